The number of nitrogens with zero attached hydrogens (tertiary/aromatic N) is 3. The van der Waals surface area contributed by atoms with Crippen LogP contribution in [0.2, 0.25) is 0 Å². The van der Waals surface area contributed by atoms with Crippen molar-refractivity contribution in [2.24, 2.45) is 0 Å². The lowest BCUT2D eigenvalue weighted by molar-refractivity contribution is -0.116. The largest absolute Gasteiger partial charge is 0.494 e. The summed E-state index contributed by atoms with van der Waals surface area (Å²) in [5, 5.41) is 13.3. The molecule has 4 aromatic carbocycles. The van der Waals surface area contributed by atoms with Gasteiger partial charge in [-0.2, -0.15) is 0 Å². The highest BCUT2D eigenvalue weighted by Gasteiger charge is 2.32. The number of carbonyl (C=O) groups excluding carboxylic acids is 3. The van der Waals surface area contributed by atoms with Gasteiger partial charge in [-0.05, 0) is 122 Å². The minimum Gasteiger partial charge on any atom is -0.494 e. The summed E-state index contributed by atoms with van der Waals surface area (Å²) in [5.74, 6) is 1.19. The lowest BCUT2D eigenvalue weighted by Gasteiger charge is -2.34. The molecular formula is C49H51N7O5. The molecule has 2 atom stereocenters. The Morgan fingerprint density at radius 2 is 1.54 bits per heavy atom. The standard InChI is InChI=1S/C49H51N7O5/c1-2-46(57)51-30-35-9-13-36(14-10-35)49(59)54-44-7-3-4-8-45(44)61-43-21-19-42(20-22-43)60-28-6-5-26-55-27-24-37-29-38(31-52-47(37)55)48(58)50-25-23-34-11-17-41(18-12-34)56-32-39-15-16-40(33-56)53-39/h2-4,7-14,17-22,24,27,29,31,39-40,53H,1,5-6,15-16,23,25-26,28,30,32-33H2,(H,50,58)(H,51,57)(H,54,59)/t39-,40+. The second-order valence-corrected chi connectivity index (χ2v) is 15.6. The third-order valence-electron chi connectivity index (χ3n) is 11.2. The number of unbranched alkanes of at least 4 members (excludes halogenated alkanes) is 1. The lowest BCUT2D eigenvalue weighted by Crippen LogP contribution is -2.51. The maximum Gasteiger partial charge on any atom is 0.255 e. The first kappa shape index (κ1) is 40.8. The van der Waals surface area contributed by atoms with E-state index in [1.807, 2.05) is 54.7 Å². The minimum absolute atomic E-state index is 0.117. The van der Waals surface area contributed by atoms with Gasteiger partial charge in [0.25, 0.3) is 11.8 Å². The van der Waals surface area contributed by atoms with Crippen molar-refractivity contribution in [1.29, 1.82) is 0 Å². The monoisotopic (exact) mass is 817 g/mol. The van der Waals surface area contributed by atoms with E-state index >= 15 is 0 Å². The molecule has 61 heavy (non-hydrogen) atoms. The molecule has 0 unspecified atom stereocenters. The van der Waals surface area contributed by atoms with Gasteiger partial charge in [-0.15, -0.1) is 0 Å². The average molecular weight is 818 g/mol. The van der Waals surface area contributed by atoms with Gasteiger partial charge >= 0.3 is 0 Å². The van der Waals surface area contributed by atoms with Gasteiger partial charge in [-0.3, -0.25) is 14.4 Å². The quantitative estimate of drug-likeness (QED) is 0.0513. The summed E-state index contributed by atoms with van der Waals surface area (Å²) in [4.78, 5) is 44.6. The van der Waals surface area contributed by atoms with Crippen molar-refractivity contribution in [3.63, 3.8) is 0 Å². The van der Waals surface area contributed by atoms with Crippen LogP contribution < -0.4 is 35.6 Å². The Morgan fingerprint density at radius 3 is 2.31 bits per heavy atom. The predicted molar refractivity (Wildman–Crippen MR) is 238 cm³/mol. The van der Waals surface area contributed by atoms with Crippen LogP contribution in [0.15, 0.2) is 134 Å². The smallest absolute Gasteiger partial charge is 0.255 e. The van der Waals surface area contributed by atoms with Crippen molar-refractivity contribution in [2.75, 3.05) is 36.5 Å². The SMILES string of the molecule is C=CC(=O)NCc1ccc(C(=O)Nc2ccccc2Oc2ccc(OCCCCn3ccc4cc(C(=O)NCCc5ccc(N6C[C@H]7CC[C@@H](C6)N7)cc5)cnc43)cc2)cc1. The first-order valence-corrected chi connectivity index (χ1v) is 21.0. The molecule has 12 heteroatoms. The molecule has 2 aromatic heterocycles. The zero-order chi connectivity index (χ0) is 42.0. The molecule has 4 heterocycles. The third-order valence-corrected chi connectivity index (χ3v) is 11.2. The van der Waals surface area contributed by atoms with Crippen LogP contribution >= 0.6 is 0 Å². The number of hydrogen-bond acceptors (Lipinski definition) is 8. The molecule has 8 rings (SSSR count). The topological polar surface area (TPSA) is 139 Å². The van der Waals surface area contributed by atoms with Gasteiger partial charge in [-0.1, -0.05) is 43.0 Å². The number of aryl methyl sites for hydroxylation is 1. The predicted octanol–water partition coefficient (Wildman–Crippen LogP) is 7.66. The van der Waals surface area contributed by atoms with E-state index in [-0.39, 0.29) is 17.7 Å². The van der Waals surface area contributed by atoms with Crippen molar-refractivity contribution in [3.8, 4) is 17.2 Å². The Labute approximate surface area is 356 Å². The van der Waals surface area contributed by atoms with E-state index in [9.17, 15) is 14.4 Å². The van der Waals surface area contributed by atoms with Gasteiger partial charge in [0.1, 0.15) is 17.1 Å². The van der Waals surface area contributed by atoms with E-state index < -0.39 is 0 Å². The maximum absolute atomic E-state index is 13.0. The van der Waals surface area contributed by atoms with Crippen molar-refractivity contribution in [2.45, 2.75) is 57.3 Å². The normalized spacial score (nSPS) is 15.6. The van der Waals surface area contributed by atoms with Crippen LogP contribution in [0.4, 0.5) is 11.4 Å². The van der Waals surface area contributed by atoms with Crippen LogP contribution in [-0.4, -0.2) is 65.6 Å². The number of pyridine rings is 1. The molecule has 6 aromatic rings. The number of rotatable bonds is 18. The summed E-state index contributed by atoms with van der Waals surface area (Å²) >= 11 is 0. The van der Waals surface area contributed by atoms with Gasteiger partial charge < -0.3 is 40.2 Å². The van der Waals surface area contributed by atoms with Crippen LogP contribution in [0.3, 0.4) is 0 Å². The number of hydrogen-bond donors (Lipinski definition) is 4. The fourth-order valence-corrected chi connectivity index (χ4v) is 7.88. The van der Waals surface area contributed by atoms with E-state index in [1.54, 1.807) is 42.6 Å². The maximum atomic E-state index is 13.0. The van der Waals surface area contributed by atoms with Gasteiger partial charge in [0.05, 0.1) is 17.9 Å². The number of ether oxygens (including phenoxy) is 2. The Hall–Kier alpha value is -6.92. The van der Waals surface area contributed by atoms with Crippen LogP contribution in [0.5, 0.6) is 17.2 Å². The third kappa shape index (κ3) is 10.6. The summed E-state index contributed by atoms with van der Waals surface area (Å²) in [6.45, 7) is 7.83. The van der Waals surface area contributed by atoms with Crippen molar-refractivity contribution in [3.05, 3.63) is 156 Å². The molecule has 2 aliphatic heterocycles. The number of piperazine rings is 1. The molecule has 2 fully saturated rings. The first-order valence-electron chi connectivity index (χ1n) is 21.0. The highest BCUT2D eigenvalue weighted by Crippen LogP contribution is 2.31. The molecule has 0 saturated carbocycles. The number of nitrogens with one attached hydrogen (secondary N) is 4. The Kier molecular flexibility index (Phi) is 13.0. The average Bonchev–Trinajstić information content (AvgIpc) is 3.87. The van der Waals surface area contributed by atoms with Crippen molar-refractivity contribution >= 4 is 40.1 Å². The van der Waals surface area contributed by atoms with Gasteiger partial charge in [0, 0.05) is 73.8 Å². The number of aromatic nitrogens is 2. The molecule has 3 amide bonds. The van der Waals surface area contributed by atoms with Gasteiger partial charge in [0.15, 0.2) is 5.75 Å². The Morgan fingerprint density at radius 1 is 0.803 bits per heavy atom. The fourth-order valence-electron chi connectivity index (χ4n) is 7.88. The molecule has 12 nitrogen and oxygen atoms in total. The Balaban J connectivity index is 0.743. The molecule has 0 aliphatic carbocycles. The van der Waals surface area contributed by atoms with Crippen LogP contribution in [0, 0.1) is 0 Å². The summed E-state index contributed by atoms with van der Waals surface area (Å²) in [5.41, 5.74) is 5.78. The number of fused-ring (bicyclic) bond motifs is 3. The fraction of sp³-hybridized carbons (Fsp3) is 0.265. The zero-order valence-corrected chi connectivity index (χ0v) is 34.1. The van der Waals surface area contributed by atoms with Gasteiger partial charge in [-0.25, -0.2) is 4.98 Å². The molecule has 312 valence electrons. The molecule has 2 aliphatic rings. The van der Waals surface area contributed by atoms with Crippen molar-refractivity contribution in [1.82, 2.24) is 25.5 Å². The summed E-state index contributed by atoms with van der Waals surface area (Å²) in [6, 6.07) is 35.6. The highest BCUT2D eigenvalue weighted by molar-refractivity contribution is 6.05. The summed E-state index contributed by atoms with van der Waals surface area (Å²) in [6.07, 6.45) is 9.95. The van der Waals surface area contributed by atoms with Crippen LogP contribution in [0.25, 0.3) is 11.0 Å². The molecule has 2 saturated heterocycles. The van der Waals surface area contributed by atoms with E-state index in [4.69, 9.17) is 9.47 Å². The van der Waals surface area contributed by atoms with E-state index in [0.29, 0.717) is 60.1 Å². The van der Waals surface area contributed by atoms with Crippen LogP contribution in [-0.2, 0) is 24.3 Å². The molecule has 0 spiro atoms. The summed E-state index contributed by atoms with van der Waals surface area (Å²) < 4.78 is 14.3. The molecule has 0 radical (unpaired) electrons. The molecule has 4 N–H and O–H groups in total. The van der Waals surface area contributed by atoms with Crippen molar-refractivity contribution < 1.29 is 23.9 Å². The first-order chi connectivity index (χ1) is 29.9. The summed E-state index contributed by atoms with van der Waals surface area (Å²) in [7, 11) is 0. The Bertz CT molecular complexity index is 2450. The van der Waals surface area contributed by atoms with E-state index in [0.717, 1.165) is 61.2 Å². The minimum atomic E-state index is -0.280. The number of amides is 3. The second kappa shape index (κ2) is 19.4. The van der Waals surface area contributed by atoms with Crippen LogP contribution in [0.1, 0.15) is 57.5 Å². The number of carbonyl (C=O) groups is 3. The molecular weight excluding hydrogens is 767 g/mol. The van der Waals surface area contributed by atoms with E-state index in [2.05, 4.69) is 66.6 Å². The highest BCUT2D eigenvalue weighted by atomic mass is 16.5. The molecule has 2 bridgehead atoms. The number of benzene rings is 4. The lowest BCUT2D eigenvalue weighted by atomic mass is 10.1. The number of anilines is 2. The van der Waals surface area contributed by atoms with Gasteiger partial charge in [0.2, 0.25) is 5.91 Å². The number of para-hydroxylation sites is 2. The second-order valence-electron chi connectivity index (χ2n) is 15.6. The zero-order valence-electron chi connectivity index (χ0n) is 34.1. The van der Waals surface area contributed by atoms with E-state index in [1.165, 1.54) is 30.2 Å².